The molecule has 37 heavy (non-hydrogen) atoms. The quantitative estimate of drug-likeness (QED) is 0.464. The van der Waals surface area contributed by atoms with Gasteiger partial charge in [-0.15, -0.1) is 0 Å². The number of hydrogen-bond donors (Lipinski definition) is 2. The van der Waals surface area contributed by atoms with Crippen LogP contribution in [0.4, 0.5) is 0 Å². The number of nitrogens with one attached hydrogen (secondary N) is 2. The normalized spacial score (nSPS) is 22.5. The van der Waals surface area contributed by atoms with Gasteiger partial charge in [0.05, 0.1) is 23.6 Å². The average Bonchev–Trinajstić information content (AvgIpc) is 3.43. The van der Waals surface area contributed by atoms with E-state index in [1.807, 2.05) is 20.8 Å². The summed E-state index contributed by atoms with van der Waals surface area (Å²) < 4.78 is 15.7. The topological polar surface area (TPSA) is 123 Å². The van der Waals surface area contributed by atoms with Crippen LogP contribution in [0.25, 0.3) is 0 Å². The predicted molar refractivity (Wildman–Crippen MR) is 136 cm³/mol. The van der Waals surface area contributed by atoms with Crippen LogP contribution in [0.1, 0.15) is 62.9 Å². The van der Waals surface area contributed by atoms with Crippen molar-refractivity contribution in [3.8, 4) is 0 Å². The second-order valence-corrected chi connectivity index (χ2v) is 10.7. The van der Waals surface area contributed by atoms with Gasteiger partial charge >= 0.3 is 5.97 Å². The van der Waals surface area contributed by atoms with Gasteiger partial charge in [-0.3, -0.25) is 19.2 Å². The van der Waals surface area contributed by atoms with E-state index < -0.39 is 41.7 Å². The molecular weight excluding hydrogens is 502 g/mol. The molecule has 2 heterocycles. The first kappa shape index (κ1) is 28.9. The number of halogens is 1. The van der Waals surface area contributed by atoms with Crippen molar-refractivity contribution in [2.24, 2.45) is 5.41 Å². The molecule has 11 heteroatoms. The fourth-order valence-corrected chi connectivity index (χ4v) is 4.86. The SMILES string of the molecule is CCOC1OC(=O)C[C@@H]1NC(=O)[C@@H]1CCCN1C(=O)[C@@H](NC(=O)c1ccc(COC)cc1Cl)C(C)(C)C. The summed E-state index contributed by atoms with van der Waals surface area (Å²) in [4.78, 5) is 53.3. The zero-order valence-corrected chi connectivity index (χ0v) is 22.7. The molecule has 204 valence electrons. The number of carbonyl (C=O) groups is 4. The van der Waals surface area contributed by atoms with Gasteiger partial charge in [0.1, 0.15) is 18.1 Å². The molecular formula is C26H36ClN3O7. The largest absolute Gasteiger partial charge is 0.433 e. The van der Waals surface area contributed by atoms with E-state index in [0.717, 1.165) is 5.56 Å². The van der Waals surface area contributed by atoms with Gasteiger partial charge in [0.25, 0.3) is 5.91 Å². The highest BCUT2D eigenvalue weighted by atomic mass is 35.5. The molecule has 0 aliphatic carbocycles. The molecule has 1 unspecified atom stereocenters. The van der Waals surface area contributed by atoms with Crippen LogP contribution in [0.15, 0.2) is 18.2 Å². The van der Waals surface area contributed by atoms with Gasteiger partial charge in [-0.05, 0) is 42.9 Å². The fraction of sp³-hybridized carbons (Fsp3) is 0.615. The molecule has 2 N–H and O–H groups in total. The number of amides is 3. The minimum Gasteiger partial charge on any atom is -0.433 e. The first-order valence-electron chi connectivity index (χ1n) is 12.5. The van der Waals surface area contributed by atoms with Crippen molar-refractivity contribution in [3.63, 3.8) is 0 Å². The molecule has 1 aromatic rings. The molecule has 2 fully saturated rings. The third-order valence-corrected chi connectivity index (χ3v) is 6.75. The molecule has 0 bridgehead atoms. The zero-order valence-electron chi connectivity index (χ0n) is 22.0. The van der Waals surface area contributed by atoms with Crippen molar-refractivity contribution in [1.29, 1.82) is 0 Å². The maximum Gasteiger partial charge on any atom is 0.310 e. The van der Waals surface area contributed by atoms with E-state index in [2.05, 4.69) is 10.6 Å². The Morgan fingerprint density at radius 2 is 2.00 bits per heavy atom. The summed E-state index contributed by atoms with van der Waals surface area (Å²) in [5.41, 5.74) is 0.413. The molecule has 0 saturated carbocycles. The lowest BCUT2D eigenvalue weighted by Crippen LogP contribution is -2.58. The number of esters is 1. The number of rotatable bonds is 9. The Kier molecular flexibility index (Phi) is 9.55. The number of likely N-dealkylation sites (tertiary alicyclic amines) is 1. The summed E-state index contributed by atoms with van der Waals surface area (Å²) in [7, 11) is 1.57. The summed E-state index contributed by atoms with van der Waals surface area (Å²) in [5.74, 6) is -1.67. The number of benzene rings is 1. The third kappa shape index (κ3) is 7.00. The Bertz CT molecular complexity index is 1030. The number of cyclic esters (lactones) is 1. The third-order valence-electron chi connectivity index (χ3n) is 6.44. The molecule has 2 aliphatic heterocycles. The van der Waals surface area contributed by atoms with Crippen LogP contribution < -0.4 is 10.6 Å². The summed E-state index contributed by atoms with van der Waals surface area (Å²) in [5, 5.41) is 5.91. The lowest BCUT2D eigenvalue weighted by Gasteiger charge is -2.35. The van der Waals surface area contributed by atoms with Gasteiger partial charge < -0.3 is 29.7 Å². The minimum absolute atomic E-state index is 0.00166. The van der Waals surface area contributed by atoms with Gasteiger partial charge in [0.2, 0.25) is 18.1 Å². The molecule has 2 aliphatic rings. The molecule has 1 aromatic carbocycles. The Hall–Kier alpha value is -2.69. The first-order chi connectivity index (χ1) is 17.5. The molecule has 0 aromatic heterocycles. The average molecular weight is 538 g/mol. The van der Waals surface area contributed by atoms with Crippen LogP contribution in [0, 0.1) is 5.41 Å². The van der Waals surface area contributed by atoms with Gasteiger partial charge in [0, 0.05) is 20.3 Å². The highest BCUT2D eigenvalue weighted by Gasteiger charge is 2.44. The van der Waals surface area contributed by atoms with E-state index in [0.29, 0.717) is 32.6 Å². The number of hydrogen-bond acceptors (Lipinski definition) is 7. The van der Waals surface area contributed by atoms with Crippen molar-refractivity contribution in [2.75, 3.05) is 20.3 Å². The van der Waals surface area contributed by atoms with Gasteiger partial charge in [-0.25, -0.2) is 0 Å². The molecule has 10 nitrogen and oxygen atoms in total. The number of ether oxygens (including phenoxy) is 3. The Labute approximate surface area is 222 Å². The standard InChI is InChI=1S/C26H36ClN3O7/c1-6-36-25-18(13-20(31)37-25)28-23(33)19-8-7-11-30(19)24(34)21(26(2,3)4)29-22(32)16-10-9-15(14-35-5)12-17(16)27/h9-10,12,18-19,21,25H,6-8,11,13-14H2,1-5H3,(H,28,33)(H,29,32)/t18-,19-,21+,25?/m0/s1. The van der Waals surface area contributed by atoms with Crippen molar-refractivity contribution in [2.45, 2.75) is 78.0 Å². The molecule has 3 rings (SSSR count). The van der Waals surface area contributed by atoms with Gasteiger partial charge in [-0.1, -0.05) is 38.4 Å². The van der Waals surface area contributed by atoms with E-state index in [1.54, 1.807) is 32.2 Å². The molecule has 0 radical (unpaired) electrons. The van der Waals surface area contributed by atoms with E-state index >= 15 is 0 Å². The van der Waals surface area contributed by atoms with Crippen molar-refractivity contribution in [1.82, 2.24) is 15.5 Å². The van der Waals surface area contributed by atoms with E-state index in [-0.39, 0.29) is 28.8 Å². The Morgan fingerprint density at radius 3 is 2.62 bits per heavy atom. The smallest absolute Gasteiger partial charge is 0.310 e. The van der Waals surface area contributed by atoms with Crippen LogP contribution in [-0.4, -0.2) is 73.3 Å². The zero-order chi connectivity index (χ0) is 27.3. The van der Waals surface area contributed by atoms with Gasteiger partial charge in [-0.2, -0.15) is 0 Å². The van der Waals surface area contributed by atoms with E-state index in [4.69, 9.17) is 25.8 Å². The second-order valence-electron chi connectivity index (χ2n) is 10.3. The van der Waals surface area contributed by atoms with E-state index in [9.17, 15) is 19.2 Å². The van der Waals surface area contributed by atoms with Gasteiger partial charge in [0.15, 0.2) is 0 Å². The lowest BCUT2D eigenvalue weighted by molar-refractivity contribution is -0.164. The molecule has 3 amide bonds. The maximum absolute atomic E-state index is 13.7. The Morgan fingerprint density at radius 1 is 1.27 bits per heavy atom. The fourth-order valence-electron chi connectivity index (χ4n) is 4.57. The van der Waals surface area contributed by atoms with E-state index in [1.165, 1.54) is 4.90 Å². The highest BCUT2D eigenvalue weighted by molar-refractivity contribution is 6.34. The monoisotopic (exact) mass is 537 g/mol. The van der Waals surface area contributed by atoms with Crippen LogP contribution in [0.3, 0.4) is 0 Å². The lowest BCUT2D eigenvalue weighted by atomic mass is 9.85. The molecule has 2 saturated heterocycles. The van der Waals surface area contributed by atoms with Crippen LogP contribution in [-0.2, 0) is 35.2 Å². The second kappa shape index (κ2) is 12.2. The van der Waals surface area contributed by atoms with Crippen LogP contribution in [0.2, 0.25) is 5.02 Å². The molecule has 4 atom stereocenters. The number of carbonyl (C=O) groups excluding carboxylic acids is 4. The summed E-state index contributed by atoms with van der Waals surface area (Å²) in [6, 6.07) is 2.73. The molecule has 0 spiro atoms. The van der Waals surface area contributed by atoms with Crippen molar-refractivity contribution < 1.29 is 33.4 Å². The summed E-state index contributed by atoms with van der Waals surface area (Å²) in [6.45, 7) is 8.36. The Balaban J connectivity index is 1.74. The summed E-state index contributed by atoms with van der Waals surface area (Å²) in [6.07, 6.45) is 0.252. The summed E-state index contributed by atoms with van der Waals surface area (Å²) >= 11 is 6.35. The predicted octanol–water partition coefficient (Wildman–Crippen LogP) is 2.42. The minimum atomic E-state index is -0.907. The van der Waals surface area contributed by atoms with Crippen molar-refractivity contribution >= 4 is 35.3 Å². The van der Waals surface area contributed by atoms with Crippen molar-refractivity contribution in [3.05, 3.63) is 34.3 Å². The first-order valence-corrected chi connectivity index (χ1v) is 12.8. The van der Waals surface area contributed by atoms with Crippen LogP contribution >= 0.6 is 11.6 Å². The number of methoxy groups -OCH3 is 1. The highest BCUT2D eigenvalue weighted by Crippen LogP contribution is 2.28. The maximum atomic E-state index is 13.7. The van der Waals surface area contributed by atoms with Crippen LogP contribution in [0.5, 0.6) is 0 Å². The number of nitrogens with zero attached hydrogens (tertiary/aromatic N) is 1.